The largest absolute Gasteiger partial charge is 0.162 e. The molecule has 0 radical (unpaired) electrons. The summed E-state index contributed by atoms with van der Waals surface area (Å²) in [5.74, 6) is 0. The van der Waals surface area contributed by atoms with E-state index in [-0.39, 0.29) is 0 Å². The molecular formula is C8H18S. The van der Waals surface area contributed by atoms with Crippen LogP contribution in [0.1, 0.15) is 63.9 Å². The van der Waals surface area contributed by atoms with Gasteiger partial charge < -0.3 is 0 Å². The van der Waals surface area contributed by atoms with Crippen molar-refractivity contribution < 1.29 is 24.7 Å². The van der Waals surface area contributed by atoms with Crippen LogP contribution in [0.4, 0.5) is 0 Å². The molecule has 0 aliphatic rings. The fourth-order valence-electron chi connectivity index (χ4n) is 0.128. The van der Waals surface area contributed by atoms with Crippen molar-refractivity contribution in [3.05, 3.63) is 0 Å². The zero-order valence-corrected chi connectivity index (χ0v) is 5.22. The number of rotatable bonds is 6. The first-order chi connectivity index (χ1) is 11.2. The van der Waals surface area contributed by atoms with Crippen LogP contribution in [-0.2, 0) is 0 Å². The molecule has 0 amide bonds. The molecule has 0 fully saturated rings. The van der Waals surface area contributed by atoms with Crippen LogP contribution in [0, 0.1) is 0 Å². The summed E-state index contributed by atoms with van der Waals surface area (Å²) in [5.41, 5.74) is -7.46. The van der Waals surface area contributed by atoms with E-state index < -0.39 is 62.4 Å². The molecule has 0 bridgehead atoms. The van der Waals surface area contributed by atoms with Crippen LogP contribution in [0.2, 0.25) is 0 Å². The molecule has 0 unspecified atom stereocenters. The third kappa shape index (κ3) is 8.35. The second kappa shape index (κ2) is 8.35. The van der Waals surface area contributed by atoms with Gasteiger partial charge in [0.05, 0.1) is 0 Å². The van der Waals surface area contributed by atoms with E-state index in [4.69, 9.17) is 24.7 Å². The summed E-state index contributed by atoms with van der Waals surface area (Å²) in [6.07, 6.45) is -15.5. The lowest BCUT2D eigenvalue weighted by molar-refractivity contribution is 0.879. The molecule has 1 heteroatoms. The van der Waals surface area contributed by atoms with Gasteiger partial charge in [0, 0.05) is 24.7 Å². The zero-order chi connectivity index (χ0) is 22.7. The van der Waals surface area contributed by atoms with Gasteiger partial charge in [0.15, 0.2) is 0 Å². The maximum atomic E-state index is 7.66. The predicted octanol–water partition coefficient (Wildman–Crippen LogP) is 3.32. The van der Waals surface area contributed by atoms with Gasteiger partial charge in [-0.3, -0.25) is 0 Å². The molecule has 0 aliphatic heterocycles. The average molecular weight is 164 g/mol. The standard InChI is InChI=1S/C8H18S/c1-3-5-7-9-8-6-4-2/h3-8H2,1-2H3/i1D3,2D3,3D2,4D2,5D2,6D2,7D2,8D2. The van der Waals surface area contributed by atoms with Crippen LogP contribution in [-0.4, -0.2) is 11.4 Å². The molecule has 0 aromatic heterocycles. The van der Waals surface area contributed by atoms with Crippen molar-refractivity contribution in [1.29, 1.82) is 0 Å². The minimum absolute atomic E-state index is 0.859. The highest BCUT2D eigenvalue weighted by molar-refractivity contribution is 7.99. The second-order valence-corrected chi connectivity index (χ2v) is 1.42. The summed E-state index contributed by atoms with van der Waals surface area (Å²) >= 11 is -0.859. The van der Waals surface area contributed by atoms with Gasteiger partial charge in [0.25, 0.3) is 0 Å². The van der Waals surface area contributed by atoms with Crippen molar-refractivity contribution >= 4 is 11.8 Å². The lowest BCUT2D eigenvalue weighted by Gasteiger charge is -1.96. The Kier molecular flexibility index (Phi) is 0.871. The molecule has 0 aliphatic carbocycles. The quantitative estimate of drug-likeness (QED) is 0.580. The molecule has 0 N–H and O–H groups in total. The SMILES string of the molecule is [2H]C([2H])([2H])C([2H])([2H])C([2H])([2H])C([2H])([2H])SC([2H])([2H])C([2H])([2H])C([2H])([2H])C([2H])([2H])[2H]. The Balaban J connectivity index is 6.19. The topological polar surface area (TPSA) is 0 Å². The number of hydrogen-bond donors (Lipinski definition) is 0. The molecule has 0 atom stereocenters. The molecule has 9 heavy (non-hydrogen) atoms. The third-order valence-electron chi connectivity index (χ3n) is 0.329. The van der Waals surface area contributed by atoms with Gasteiger partial charge in [-0.1, -0.05) is 26.4 Å². The molecule has 0 nitrogen and oxygen atoms in total. The van der Waals surface area contributed by atoms with Crippen molar-refractivity contribution in [3.63, 3.8) is 0 Å². The van der Waals surface area contributed by atoms with Crippen LogP contribution in [0.25, 0.3) is 0 Å². The first kappa shape index (κ1) is 0.939. The zero-order valence-electron chi connectivity index (χ0n) is 22.4. The van der Waals surface area contributed by atoms with Crippen molar-refractivity contribution in [3.8, 4) is 0 Å². The fourth-order valence-corrected chi connectivity index (χ4v) is 0.383. The summed E-state index contributed by atoms with van der Waals surface area (Å²) in [6, 6.07) is 0. The predicted molar refractivity (Wildman–Crippen MR) is 47.1 cm³/mol. The smallest absolute Gasteiger partial charge is 0.0380 e. The second-order valence-electron chi connectivity index (χ2n) is 0.806. The average Bonchev–Trinajstić information content (AvgIpc) is 2.33. The Morgan fingerprint density at radius 1 is 1.22 bits per heavy atom. The summed E-state index contributed by atoms with van der Waals surface area (Å²) in [4.78, 5) is 0. The van der Waals surface area contributed by atoms with Gasteiger partial charge in [0.2, 0.25) is 0 Å². The molecule has 0 spiro atoms. The first-order valence-electron chi connectivity index (χ1n) is 10.9. The normalized spacial score (nSPS) is 52.0. The Morgan fingerprint density at radius 3 is 2.22 bits per heavy atom. The lowest BCUT2D eigenvalue weighted by Crippen LogP contribution is -1.81. The highest BCUT2D eigenvalue weighted by Gasteiger charge is 1.85. The van der Waals surface area contributed by atoms with Crippen LogP contribution in [0.15, 0.2) is 0 Å². The van der Waals surface area contributed by atoms with Crippen molar-refractivity contribution in [1.82, 2.24) is 0 Å². The molecule has 0 saturated carbocycles. The molecular weight excluding hydrogens is 128 g/mol. The van der Waals surface area contributed by atoms with E-state index in [1.807, 2.05) is 0 Å². The van der Waals surface area contributed by atoms with E-state index in [0.29, 0.717) is 0 Å². The highest BCUT2D eigenvalue weighted by Crippen LogP contribution is 2.06. The molecule has 0 aromatic carbocycles. The maximum Gasteiger partial charge on any atom is 0.0380 e. The highest BCUT2D eigenvalue weighted by atomic mass is 32.2. The van der Waals surface area contributed by atoms with E-state index in [9.17, 15) is 0 Å². The van der Waals surface area contributed by atoms with E-state index in [0.717, 1.165) is 0 Å². The van der Waals surface area contributed by atoms with E-state index >= 15 is 0 Å². The Labute approximate surface area is 88.7 Å². The summed E-state index contributed by atoms with van der Waals surface area (Å²) in [5, 5.41) is 0. The van der Waals surface area contributed by atoms with Crippen LogP contribution >= 0.6 is 11.8 Å². The van der Waals surface area contributed by atoms with E-state index in [1.165, 1.54) is 0 Å². The fraction of sp³-hybridized carbons (Fsp3) is 1.00. The molecule has 0 heterocycles. The maximum absolute atomic E-state index is 7.66. The molecule has 0 rings (SSSR count). The lowest BCUT2D eigenvalue weighted by atomic mass is 10.4. The van der Waals surface area contributed by atoms with Crippen molar-refractivity contribution in [2.75, 3.05) is 11.4 Å². The van der Waals surface area contributed by atoms with Gasteiger partial charge in [-0.05, 0) is 24.2 Å². The van der Waals surface area contributed by atoms with Crippen LogP contribution in [0.5, 0.6) is 0 Å². The number of thioether (sulfide) groups is 1. The summed E-state index contributed by atoms with van der Waals surface area (Å²) < 4.78 is 133. The Bertz CT molecular complexity index is 489. The summed E-state index contributed by atoms with van der Waals surface area (Å²) in [6.45, 7) is -7.33. The Morgan fingerprint density at radius 2 is 1.78 bits per heavy atom. The molecule has 56 valence electrons. The first-order valence-corrected chi connectivity index (χ1v) is 2.72. The minimum Gasteiger partial charge on any atom is -0.162 e. The van der Waals surface area contributed by atoms with Gasteiger partial charge in [0.1, 0.15) is 0 Å². The van der Waals surface area contributed by atoms with Crippen molar-refractivity contribution in [2.24, 2.45) is 0 Å². The van der Waals surface area contributed by atoms with Crippen molar-refractivity contribution in [2.45, 2.75) is 39.2 Å². The summed E-state index contributed by atoms with van der Waals surface area (Å²) in [7, 11) is 0. The van der Waals surface area contributed by atoms with Gasteiger partial charge >= 0.3 is 0 Å². The number of hydrogen-bond acceptors (Lipinski definition) is 1. The van der Waals surface area contributed by atoms with Gasteiger partial charge in [-0.2, -0.15) is 11.8 Å². The third-order valence-corrected chi connectivity index (χ3v) is 0.737. The monoisotopic (exact) mass is 164 g/mol. The van der Waals surface area contributed by atoms with Crippen LogP contribution < -0.4 is 0 Å². The minimum atomic E-state index is -3.90. The van der Waals surface area contributed by atoms with Gasteiger partial charge in [-0.15, -0.1) is 0 Å². The molecule has 0 aromatic rings. The molecule has 0 saturated heterocycles. The van der Waals surface area contributed by atoms with E-state index in [1.54, 1.807) is 0 Å². The Hall–Kier alpha value is 0.350. The van der Waals surface area contributed by atoms with Crippen LogP contribution in [0.3, 0.4) is 0 Å². The van der Waals surface area contributed by atoms with E-state index in [2.05, 4.69) is 0 Å². The van der Waals surface area contributed by atoms with Gasteiger partial charge in [-0.25, -0.2) is 0 Å².